The van der Waals surface area contributed by atoms with E-state index < -0.39 is 0 Å². The van der Waals surface area contributed by atoms with Gasteiger partial charge < -0.3 is 9.64 Å². The van der Waals surface area contributed by atoms with Gasteiger partial charge in [-0.25, -0.2) is 4.39 Å². The molecule has 5 heteroatoms. The van der Waals surface area contributed by atoms with Crippen LogP contribution < -0.4 is 4.90 Å². The number of anilines is 1. The molecule has 2 fully saturated rings. The van der Waals surface area contributed by atoms with E-state index in [1.54, 1.807) is 6.07 Å². The van der Waals surface area contributed by atoms with Crippen molar-refractivity contribution < 1.29 is 9.13 Å². The lowest BCUT2D eigenvalue weighted by Crippen LogP contribution is -2.52. The molecule has 1 spiro atoms. The SMILES string of the molecule is N#Cc1ccc(F)cc1N1CCN(C2CCC3(CC2)OCc2ccccc23)CC1. The Morgan fingerprint density at radius 3 is 2.55 bits per heavy atom. The Kier molecular flexibility index (Phi) is 4.77. The first kappa shape index (κ1) is 18.6. The molecule has 4 nitrogen and oxygen atoms in total. The van der Waals surface area contributed by atoms with Gasteiger partial charge in [-0.05, 0) is 55.0 Å². The molecule has 0 aromatic heterocycles. The normalized spacial score (nSPS) is 27.0. The zero-order valence-corrected chi connectivity index (χ0v) is 16.6. The van der Waals surface area contributed by atoms with Gasteiger partial charge in [0.25, 0.3) is 0 Å². The van der Waals surface area contributed by atoms with E-state index in [9.17, 15) is 9.65 Å². The second kappa shape index (κ2) is 7.44. The summed E-state index contributed by atoms with van der Waals surface area (Å²) in [6.07, 6.45) is 4.46. The standard InChI is InChI=1S/C24H26FN3O/c25-20-6-5-18(16-26)23(15-20)28-13-11-27(12-14-28)21-7-9-24(10-8-21)22-4-2-1-3-19(22)17-29-24/h1-6,15,21H,7-14,17H2. The van der Waals surface area contributed by atoms with Crippen molar-refractivity contribution >= 4 is 5.69 Å². The van der Waals surface area contributed by atoms with Crippen LogP contribution in [-0.4, -0.2) is 37.1 Å². The molecule has 0 amide bonds. The Balaban J connectivity index is 1.21. The Hall–Kier alpha value is -2.42. The van der Waals surface area contributed by atoms with Crippen LogP contribution in [0, 0.1) is 17.1 Å². The Bertz CT molecular complexity index is 937. The van der Waals surface area contributed by atoms with E-state index in [0.717, 1.165) is 64.2 Å². The molecule has 0 N–H and O–H groups in total. The molecular formula is C24H26FN3O. The minimum atomic E-state index is -0.282. The number of benzene rings is 2. The zero-order valence-electron chi connectivity index (χ0n) is 16.6. The van der Waals surface area contributed by atoms with Crippen LogP contribution in [0.4, 0.5) is 10.1 Å². The molecule has 150 valence electrons. The molecule has 2 aromatic rings. The molecule has 29 heavy (non-hydrogen) atoms. The van der Waals surface area contributed by atoms with Crippen LogP contribution in [0.1, 0.15) is 42.4 Å². The summed E-state index contributed by atoms with van der Waals surface area (Å²) < 4.78 is 20.0. The van der Waals surface area contributed by atoms with E-state index in [4.69, 9.17) is 4.74 Å². The number of hydrogen-bond donors (Lipinski definition) is 0. The summed E-state index contributed by atoms with van der Waals surface area (Å²) in [5, 5.41) is 9.35. The summed E-state index contributed by atoms with van der Waals surface area (Å²) in [5.41, 5.74) is 3.96. The van der Waals surface area contributed by atoms with Crippen LogP contribution >= 0.6 is 0 Å². The highest BCUT2D eigenvalue weighted by Gasteiger charge is 2.43. The molecule has 0 unspecified atom stereocenters. The molecule has 2 heterocycles. The number of nitriles is 1. The number of rotatable bonds is 2. The molecule has 2 aromatic carbocycles. The number of hydrogen-bond acceptors (Lipinski definition) is 4. The quantitative estimate of drug-likeness (QED) is 0.770. The highest BCUT2D eigenvalue weighted by Crippen LogP contribution is 2.47. The molecule has 0 atom stereocenters. The first-order chi connectivity index (χ1) is 14.2. The van der Waals surface area contributed by atoms with E-state index in [0.29, 0.717) is 11.6 Å². The maximum Gasteiger partial charge on any atom is 0.125 e. The number of nitrogens with zero attached hydrogens (tertiary/aromatic N) is 3. The molecule has 2 aliphatic heterocycles. The van der Waals surface area contributed by atoms with Crippen molar-refractivity contribution in [2.45, 2.75) is 43.9 Å². The van der Waals surface area contributed by atoms with Crippen LogP contribution in [0.25, 0.3) is 0 Å². The summed E-state index contributed by atoms with van der Waals surface area (Å²) in [7, 11) is 0. The fraction of sp³-hybridized carbons (Fsp3) is 0.458. The Morgan fingerprint density at radius 1 is 1.03 bits per heavy atom. The van der Waals surface area contributed by atoms with Gasteiger partial charge in [0.2, 0.25) is 0 Å². The molecule has 0 bridgehead atoms. The van der Waals surface area contributed by atoms with Crippen LogP contribution in [0.5, 0.6) is 0 Å². The van der Waals surface area contributed by atoms with Gasteiger partial charge in [0.1, 0.15) is 11.9 Å². The van der Waals surface area contributed by atoms with Crippen molar-refractivity contribution in [1.82, 2.24) is 4.90 Å². The van der Waals surface area contributed by atoms with Gasteiger partial charge in [-0.15, -0.1) is 0 Å². The molecule has 1 aliphatic carbocycles. The van der Waals surface area contributed by atoms with Gasteiger partial charge in [0.05, 0.1) is 23.5 Å². The third-order valence-electron chi connectivity index (χ3n) is 7.03. The Labute approximate surface area is 171 Å². The monoisotopic (exact) mass is 391 g/mol. The van der Waals surface area contributed by atoms with Crippen molar-refractivity contribution in [1.29, 1.82) is 5.26 Å². The van der Waals surface area contributed by atoms with Gasteiger partial charge in [0.15, 0.2) is 0 Å². The van der Waals surface area contributed by atoms with Gasteiger partial charge in [-0.3, -0.25) is 4.90 Å². The largest absolute Gasteiger partial charge is 0.368 e. The summed E-state index contributed by atoms with van der Waals surface area (Å²) in [4.78, 5) is 4.73. The van der Waals surface area contributed by atoms with Crippen molar-refractivity contribution in [3.8, 4) is 6.07 Å². The Morgan fingerprint density at radius 2 is 1.79 bits per heavy atom. The fourth-order valence-corrected chi connectivity index (χ4v) is 5.42. The third kappa shape index (κ3) is 3.31. The third-order valence-corrected chi connectivity index (χ3v) is 7.03. The second-order valence-corrected chi connectivity index (χ2v) is 8.47. The predicted octanol–water partition coefficient (Wildman–Crippen LogP) is 4.19. The van der Waals surface area contributed by atoms with Crippen LogP contribution in [-0.2, 0) is 16.9 Å². The lowest BCUT2D eigenvalue weighted by atomic mass is 9.77. The first-order valence-electron chi connectivity index (χ1n) is 10.6. The van der Waals surface area contributed by atoms with E-state index in [2.05, 4.69) is 40.1 Å². The fourth-order valence-electron chi connectivity index (χ4n) is 5.42. The predicted molar refractivity (Wildman–Crippen MR) is 110 cm³/mol. The molecule has 5 rings (SSSR count). The topological polar surface area (TPSA) is 39.5 Å². The average Bonchev–Trinajstić information content (AvgIpc) is 3.13. The maximum absolute atomic E-state index is 13.7. The van der Waals surface area contributed by atoms with Crippen LogP contribution in [0.15, 0.2) is 42.5 Å². The smallest absolute Gasteiger partial charge is 0.125 e. The first-order valence-corrected chi connectivity index (χ1v) is 10.6. The minimum Gasteiger partial charge on any atom is -0.368 e. The summed E-state index contributed by atoms with van der Waals surface area (Å²) >= 11 is 0. The molecule has 3 aliphatic rings. The average molecular weight is 391 g/mol. The number of piperazine rings is 1. The number of fused-ring (bicyclic) bond motifs is 2. The molecular weight excluding hydrogens is 365 g/mol. The van der Waals surface area contributed by atoms with Crippen LogP contribution in [0.2, 0.25) is 0 Å². The number of ether oxygens (including phenoxy) is 1. The van der Waals surface area contributed by atoms with Gasteiger partial charge >= 0.3 is 0 Å². The maximum atomic E-state index is 13.7. The lowest BCUT2D eigenvalue weighted by Gasteiger charge is -2.45. The molecule has 1 saturated carbocycles. The van der Waals surface area contributed by atoms with Crippen molar-refractivity contribution in [2.24, 2.45) is 0 Å². The zero-order chi connectivity index (χ0) is 19.8. The van der Waals surface area contributed by atoms with E-state index in [-0.39, 0.29) is 11.4 Å². The van der Waals surface area contributed by atoms with Gasteiger partial charge in [-0.1, -0.05) is 24.3 Å². The summed E-state index contributed by atoms with van der Waals surface area (Å²) in [6.45, 7) is 4.32. The van der Waals surface area contributed by atoms with E-state index >= 15 is 0 Å². The van der Waals surface area contributed by atoms with E-state index in [1.807, 2.05) is 0 Å². The van der Waals surface area contributed by atoms with Crippen molar-refractivity contribution in [2.75, 3.05) is 31.1 Å². The minimum absolute atomic E-state index is 0.0713. The van der Waals surface area contributed by atoms with Gasteiger partial charge in [0, 0.05) is 32.2 Å². The summed E-state index contributed by atoms with van der Waals surface area (Å²) in [5.74, 6) is -0.282. The molecule has 1 saturated heterocycles. The van der Waals surface area contributed by atoms with Crippen molar-refractivity contribution in [3.05, 3.63) is 65.0 Å². The molecule has 0 radical (unpaired) electrons. The highest BCUT2D eigenvalue weighted by atomic mass is 19.1. The lowest BCUT2D eigenvalue weighted by molar-refractivity contribution is -0.0777. The van der Waals surface area contributed by atoms with Crippen molar-refractivity contribution in [3.63, 3.8) is 0 Å². The highest BCUT2D eigenvalue weighted by molar-refractivity contribution is 5.59. The van der Waals surface area contributed by atoms with E-state index in [1.165, 1.54) is 23.3 Å². The summed E-state index contributed by atoms with van der Waals surface area (Å²) in [6, 6.07) is 15.9. The van der Waals surface area contributed by atoms with Gasteiger partial charge in [-0.2, -0.15) is 5.26 Å². The second-order valence-electron chi connectivity index (χ2n) is 8.47. The van der Waals surface area contributed by atoms with Crippen LogP contribution in [0.3, 0.4) is 0 Å². The number of halogens is 1.